The Labute approximate surface area is 199 Å². The van der Waals surface area contributed by atoms with Crippen molar-refractivity contribution in [3.8, 4) is 11.5 Å². The van der Waals surface area contributed by atoms with Crippen LogP contribution in [0.3, 0.4) is 0 Å². The predicted molar refractivity (Wildman–Crippen MR) is 124 cm³/mol. The number of amides is 1. The van der Waals surface area contributed by atoms with E-state index in [1.807, 2.05) is 0 Å². The number of carbonyl (C=O) groups is 3. The number of benzene rings is 3. The van der Waals surface area contributed by atoms with E-state index >= 15 is 0 Å². The molecule has 4 rings (SSSR count). The summed E-state index contributed by atoms with van der Waals surface area (Å²) in [5.74, 6) is -0.696. The number of thioether (sulfide) groups is 1. The molecule has 0 aliphatic carbocycles. The molecule has 0 atom stereocenters. The largest absolute Gasteiger partial charge is 0.486 e. The normalized spacial score (nSPS) is 12.0. The number of carbonyl (C=O) groups excluding carboxylic acids is 3. The second-order valence-electron chi connectivity index (χ2n) is 7.20. The fraction of sp³-hybridized carbons (Fsp3) is 0.160. The summed E-state index contributed by atoms with van der Waals surface area (Å²) in [5, 5.41) is 2.66. The monoisotopic (exact) mass is 481 g/mol. The molecule has 3 aromatic rings. The van der Waals surface area contributed by atoms with E-state index in [0.29, 0.717) is 40.9 Å². The van der Waals surface area contributed by atoms with Crippen molar-refractivity contribution >= 4 is 35.1 Å². The summed E-state index contributed by atoms with van der Waals surface area (Å²) in [7, 11) is 0. The highest BCUT2D eigenvalue weighted by Gasteiger charge is 2.18. The highest BCUT2D eigenvalue weighted by molar-refractivity contribution is 8.00. The lowest BCUT2D eigenvalue weighted by molar-refractivity contribution is -0.113. The summed E-state index contributed by atoms with van der Waals surface area (Å²) in [6, 6.07) is 16.9. The van der Waals surface area contributed by atoms with Crippen LogP contribution in [-0.4, -0.2) is 43.2 Å². The van der Waals surface area contributed by atoms with E-state index in [2.05, 4.69) is 5.32 Å². The maximum absolute atomic E-state index is 13.0. The van der Waals surface area contributed by atoms with Crippen molar-refractivity contribution in [1.29, 1.82) is 0 Å². The Morgan fingerprint density at radius 1 is 0.941 bits per heavy atom. The first-order chi connectivity index (χ1) is 16.5. The number of esters is 1. The van der Waals surface area contributed by atoms with Gasteiger partial charge < -0.3 is 19.5 Å². The van der Waals surface area contributed by atoms with Gasteiger partial charge in [0.05, 0.1) is 11.3 Å². The zero-order chi connectivity index (χ0) is 23.9. The van der Waals surface area contributed by atoms with Gasteiger partial charge in [0.15, 0.2) is 23.9 Å². The van der Waals surface area contributed by atoms with Gasteiger partial charge in [-0.25, -0.2) is 9.18 Å². The van der Waals surface area contributed by atoms with Crippen LogP contribution in [0.25, 0.3) is 0 Å². The molecule has 34 heavy (non-hydrogen) atoms. The van der Waals surface area contributed by atoms with Crippen LogP contribution < -0.4 is 14.8 Å². The Bertz CT molecular complexity index is 1210. The highest BCUT2D eigenvalue weighted by atomic mass is 32.2. The Morgan fingerprint density at radius 2 is 1.68 bits per heavy atom. The Morgan fingerprint density at radius 3 is 2.47 bits per heavy atom. The van der Waals surface area contributed by atoms with Crippen molar-refractivity contribution in [1.82, 2.24) is 0 Å². The SMILES string of the molecule is O=C(CSc1ccccc1C(=O)OCC(=O)c1ccc2c(c1)OCCO2)Nc1ccc(F)cc1. The minimum atomic E-state index is -0.673. The fourth-order valence-corrected chi connectivity index (χ4v) is 3.98. The first-order valence-electron chi connectivity index (χ1n) is 10.4. The van der Waals surface area contributed by atoms with Crippen LogP contribution in [0.1, 0.15) is 20.7 Å². The van der Waals surface area contributed by atoms with Crippen LogP contribution in [0.15, 0.2) is 71.6 Å². The average molecular weight is 482 g/mol. The lowest BCUT2D eigenvalue weighted by Crippen LogP contribution is -2.18. The zero-order valence-corrected chi connectivity index (χ0v) is 18.7. The van der Waals surface area contributed by atoms with Gasteiger partial charge in [-0.2, -0.15) is 0 Å². The van der Waals surface area contributed by atoms with Gasteiger partial charge in [-0.1, -0.05) is 12.1 Å². The van der Waals surface area contributed by atoms with Crippen LogP contribution in [0.5, 0.6) is 11.5 Å². The lowest BCUT2D eigenvalue weighted by Gasteiger charge is -2.18. The van der Waals surface area contributed by atoms with Crippen molar-refractivity contribution in [3.63, 3.8) is 0 Å². The number of hydrogen-bond acceptors (Lipinski definition) is 7. The molecule has 1 aliphatic heterocycles. The molecule has 7 nitrogen and oxygen atoms in total. The number of ether oxygens (including phenoxy) is 3. The van der Waals surface area contributed by atoms with Gasteiger partial charge >= 0.3 is 5.97 Å². The number of nitrogens with one attached hydrogen (secondary N) is 1. The molecule has 1 N–H and O–H groups in total. The van der Waals surface area contributed by atoms with E-state index in [-0.39, 0.29) is 23.0 Å². The molecule has 0 bridgehead atoms. The molecule has 9 heteroatoms. The molecule has 3 aromatic carbocycles. The Hall–Kier alpha value is -3.85. The smallest absolute Gasteiger partial charge is 0.339 e. The average Bonchev–Trinajstić information content (AvgIpc) is 2.87. The quantitative estimate of drug-likeness (QED) is 0.290. The van der Waals surface area contributed by atoms with Gasteiger partial charge in [-0.3, -0.25) is 9.59 Å². The molecule has 1 aliphatic rings. The molecule has 0 spiro atoms. The van der Waals surface area contributed by atoms with Gasteiger partial charge in [0, 0.05) is 16.1 Å². The molecule has 0 fully saturated rings. The maximum atomic E-state index is 13.0. The number of Topliss-reactive ketones (excluding diaryl/α,β-unsaturated/α-hetero) is 1. The molecule has 174 valence electrons. The lowest BCUT2D eigenvalue weighted by atomic mass is 10.1. The van der Waals surface area contributed by atoms with Crippen LogP contribution in [0, 0.1) is 5.82 Å². The summed E-state index contributed by atoms with van der Waals surface area (Å²) >= 11 is 1.15. The number of rotatable bonds is 8. The third kappa shape index (κ3) is 5.93. The standard InChI is InChI=1S/C25H20FNO6S/c26-17-6-8-18(9-7-17)27-24(29)15-34-23-4-2-1-3-19(23)25(30)33-14-20(28)16-5-10-21-22(13-16)32-12-11-31-21/h1-10,13H,11-12,14-15H2,(H,27,29). The second-order valence-corrected chi connectivity index (χ2v) is 8.21. The fourth-order valence-electron chi connectivity index (χ4n) is 3.14. The first-order valence-corrected chi connectivity index (χ1v) is 11.4. The van der Waals surface area contributed by atoms with E-state index in [0.717, 1.165) is 11.8 Å². The van der Waals surface area contributed by atoms with Crippen molar-refractivity contribution in [2.45, 2.75) is 4.90 Å². The van der Waals surface area contributed by atoms with Crippen LogP contribution in [-0.2, 0) is 9.53 Å². The Balaban J connectivity index is 1.33. The third-order valence-corrected chi connectivity index (χ3v) is 5.87. The number of anilines is 1. The molecule has 1 heterocycles. The molecular weight excluding hydrogens is 461 g/mol. The minimum Gasteiger partial charge on any atom is -0.486 e. The summed E-state index contributed by atoms with van der Waals surface area (Å²) in [6.45, 7) is 0.405. The summed E-state index contributed by atoms with van der Waals surface area (Å²) < 4.78 is 29.1. The first kappa shape index (κ1) is 23.3. The molecular formula is C25H20FNO6S. The van der Waals surface area contributed by atoms with Gasteiger partial charge in [-0.15, -0.1) is 11.8 Å². The van der Waals surface area contributed by atoms with E-state index < -0.39 is 18.4 Å². The zero-order valence-electron chi connectivity index (χ0n) is 17.9. The van der Waals surface area contributed by atoms with E-state index in [4.69, 9.17) is 14.2 Å². The summed E-state index contributed by atoms with van der Waals surface area (Å²) in [6.07, 6.45) is 0. The Kier molecular flexibility index (Phi) is 7.44. The number of ketones is 1. The van der Waals surface area contributed by atoms with Crippen LogP contribution in [0.2, 0.25) is 0 Å². The third-order valence-electron chi connectivity index (χ3n) is 4.79. The topological polar surface area (TPSA) is 90.9 Å². The predicted octanol–water partition coefficient (Wildman–Crippen LogP) is 4.37. The van der Waals surface area contributed by atoms with Gasteiger partial charge in [-0.05, 0) is 54.6 Å². The van der Waals surface area contributed by atoms with Crippen molar-refractivity contribution in [3.05, 3.63) is 83.7 Å². The number of hydrogen-bond donors (Lipinski definition) is 1. The van der Waals surface area contributed by atoms with Crippen molar-refractivity contribution in [2.75, 3.05) is 30.9 Å². The van der Waals surface area contributed by atoms with E-state index in [1.54, 1.807) is 42.5 Å². The summed E-state index contributed by atoms with van der Waals surface area (Å²) in [4.78, 5) is 37.9. The van der Waals surface area contributed by atoms with E-state index in [1.165, 1.54) is 24.3 Å². The second kappa shape index (κ2) is 10.8. The summed E-state index contributed by atoms with van der Waals surface area (Å²) in [5.41, 5.74) is 1.06. The maximum Gasteiger partial charge on any atom is 0.339 e. The van der Waals surface area contributed by atoms with Crippen molar-refractivity contribution < 1.29 is 33.0 Å². The van der Waals surface area contributed by atoms with Gasteiger partial charge in [0.1, 0.15) is 19.0 Å². The molecule has 0 radical (unpaired) electrons. The molecule has 0 aromatic heterocycles. The van der Waals surface area contributed by atoms with Crippen LogP contribution in [0.4, 0.5) is 10.1 Å². The van der Waals surface area contributed by atoms with Gasteiger partial charge in [0.2, 0.25) is 5.91 Å². The van der Waals surface area contributed by atoms with E-state index in [9.17, 15) is 18.8 Å². The number of halogens is 1. The van der Waals surface area contributed by atoms with Gasteiger partial charge in [0.25, 0.3) is 0 Å². The molecule has 0 unspecified atom stereocenters. The molecule has 1 amide bonds. The van der Waals surface area contributed by atoms with Crippen LogP contribution >= 0.6 is 11.8 Å². The number of fused-ring (bicyclic) bond motifs is 1. The minimum absolute atomic E-state index is 0.0256. The highest BCUT2D eigenvalue weighted by Crippen LogP contribution is 2.31. The molecule has 0 saturated carbocycles. The molecule has 0 saturated heterocycles. The van der Waals surface area contributed by atoms with Crippen molar-refractivity contribution in [2.24, 2.45) is 0 Å².